The third-order valence-corrected chi connectivity index (χ3v) is 3.35. The average Bonchev–Trinajstić information content (AvgIpc) is 2.97. The molecule has 21 heavy (non-hydrogen) atoms. The minimum absolute atomic E-state index is 0.0438. The van der Waals surface area contributed by atoms with Crippen LogP contribution in [-0.4, -0.2) is 26.5 Å². The van der Waals surface area contributed by atoms with Gasteiger partial charge in [-0.15, -0.1) is 0 Å². The number of carbonyl (C=O) groups excluding carboxylic acids is 2. The van der Waals surface area contributed by atoms with Crippen molar-refractivity contribution in [3.63, 3.8) is 0 Å². The number of hydrogen-bond acceptors (Lipinski definition) is 4. The molecule has 5 heteroatoms. The number of H-pyrrole nitrogens is 1. The fourth-order valence-corrected chi connectivity index (χ4v) is 2.25. The second-order valence-electron chi connectivity index (χ2n) is 4.72. The lowest BCUT2D eigenvalue weighted by atomic mass is 10.0. The predicted molar refractivity (Wildman–Crippen MR) is 78.2 cm³/mol. The molecule has 0 aliphatic heterocycles. The first-order valence-electron chi connectivity index (χ1n) is 6.63. The Morgan fingerprint density at radius 3 is 2.52 bits per heavy atom. The highest BCUT2D eigenvalue weighted by molar-refractivity contribution is 6.09. The van der Waals surface area contributed by atoms with Gasteiger partial charge >= 0.3 is 0 Å². The molecule has 0 saturated carbocycles. The number of benzene rings is 1. The number of fused-ring (bicyclic) bond motifs is 1. The van der Waals surface area contributed by atoms with Gasteiger partial charge < -0.3 is 4.98 Å². The average molecular weight is 279 g/mol. The molecule has 0 aliphatic carbocycles. The smallest absolute Gasteiger partial charge is 0.166 e. The summed E-state index contributed by atoms with van der Waals surface area (Å²) in [5.41, 5.74) is 1.98. The second kappa shape index (κ2) is 5.66. The van der Waals surface area contributed by atoms with Gasteiger partial charge in [-0.3, -0.25) is 9.59 Å². The van der Waals surface area contributed by atoms with E-state index in [1.807, 2.05) is 24.3 Å². The highest BCUT2D eigenvalue weighted by atomic mass is 16.1. The molecule has 2 heterocycles. The molecule has 0 saturated heterocycles. The molecule has 0 aliphatic rings. The molecule has 0 unspecified atom stereocenters. The largest absolute Gasteiger partial charge is 0.360 e. The van der Waals surface area contributed by atoms with E-state index >= 15 is 0 Å². The summed E-state index contributed by atoms with van der Waals surface area (Å²) >= 11 is 0. The number of aromatic nitrogens is 3. The van der Waals surface area contributed by atoms with Gasteiger partial charge in [0.1, 0.15) is 6.33 Å². The summed E-state index contributed by atoms with van der Waals surface area (Å²) in [6, 6.07) is 7.61. The van der Waals surface area contributed by atoms with Crippen LogP contribution >= 0.6 is 0 Å². The molecular formula is C16H13N3O2. The van der Waals surface area contributed by atoms with Crippen molar-refractivity contribution in [1.29, 1.82) is 0 Å². The molecule has 5 nitrogen and oxygen atoms in total. The molecule has 0 amide bonds. The molecule has 104 valence electrons. The first-order chi connectivity index (χ1) is 10.3. The summed E-state index contributed by atoms with van der Waals surface area (Å²) in [7, 11) is 0. The lowest BCUT2D eigenvalue weighted by Crippen LogP contribution is -2.05. The highest BCUT2D eigenvalue weighted by Crippen LogP contribution is 2.20. The van der Waals surface area contributed by atoms with Crippen LogP contribution in [0.5, 0.6) is 0 Å². The Bertz CT molecular complexity index is 793. The molecule has 3 rings (SSSR count). The van der Waals surface area contributed by atoms with Crippen molar-refractivity contribution in [3.8, 4) is 0 Å². The van der Waals surface area contributed by atoms with E-state index in [2.05, 4.69) is 15.0 Å². The number of hydrogen-bond donors (Lipinski definition) is 1. The molecule has 1 N–H and O–H groups in total. The van der Waals surface area contributed by atoms with Crippen molar-refractivity contribution in [2.75, 3.05) is 0 Å². The summed E-state index contributed by atoms with van der Waals surface area (Å²) in [5.74, 6) is -0.165. The van der Waals surface area contributed by atoms with Gasteiger partial charge in [-0.25, -0.2) is 9.97 Å². The van der Waals surface area contributed by atoms with Crippen molar-refractivity contribution in [1.82, 2.24) is 15.0 Å². The van der Waals surface area contributed by atoms with E-state index in [9.17, 15) is 9.59 Å². The third-order valence-electron chi connectivity index (χ3n) is 3.35. The van der Waals surface area contributed by atoms with Crippen LogP contribution in [0.25, 0.3) is 10.9 Å². The van der Waals surface area contributed by atoms with E-state index in [1.165, 1.54) is 18.7 Å². The maximum atomic E-state index is 12.3. The number of ketones is 2. The zero-order valence-electron chi connectivity index (χ0n) is 11.2. The van der Waals surface area contributed by atoms with Crippen LogP contribution < -0.4 is 0 Å². The Kier molecular flexibility index (Phi) is 3.55. The zero-order chi connectivity index (χ0) is 14.7. The van der Waals surface area contributed by atoms with Crippen LogP contribution in [0.2, 0.25) is 0 Å². The van der Waals surface area contributed by atoms with E-state index < -0.39 is 0 Å². The van der Waals surface area contributed by atoms with Gasteiger partial charge in [-0.2, -0.15) is 0 Å². The molecular weight excluding hydrogens is 266 g/mol. The van der Waals surface area contributed by atoms with Crippen LogP contribution in [0.3, 0.4) is 0 Å². The number of Topliss-reactive ketones (excluding diaryl/α,β-unsaturated/α-hetero) is 2. The summed E-state index contributed by atoms with van der Waals surface area (Å²) in [6.07, 6.45) is 6.33. The zero-order valence-corrected chi connectivity index (χ0v) is 11.2. The van der Waals surface area contributed by atoms with E-state index in [-0.39, 0.29) is 24.4 Å². The summed E-state index contributed by atoms with van der Waals surface area (Å²) in [5, 5.41) is 0.887. The van der Waals surface area contributed by atoms with Crippen molar-refractivity contribution in [2.24, 2.45) is 0 Å². The molecule has 0 radical (unpaired) electrons. The number of rotatable bonds is 5. The summed E-state index contributed by atoms with van der Waals surface area (Å²) in [6.45, 7) is 0. The lowest BCUT2D eigenvalue weighted by Gasteiger charge is -2.00. The van der Waals surface area contributed by atoms with Gasteiger partial charge in [0, 0.05) is 47.9 Å². The first-order valence-corrected chi connectivity index (χ1v) is 6.63. The molecule has 0 bridgehead atoms. The standard InChI is InChI=1S/C16H13N3O2/c20-15(11-7-17-10-18-8-11)5-6-16(21)13-9-19-14-4-2-1-3-12(13)14/h1-4,7-10,19H,5-6H2. The molecule has 0 spiro atoms. The van der Waals surface area contributed by atoms with Crippen LogP contribution in [0.4, 0.5) is 0 Å². The Balaban J connectivity index is 1.71. The van der Waals surface area contributed by atoms with Crippen LogP contribution in [0, 0.1) is 0 Å². The van der Waals surface area contributed by atoms with Gasteiger partial charge in [-0.05, 0) is 6.07 Å². The first kappa shape index (κ1) is 13.2. The van der Waals surface area contributed by atoms with E-state index in [4.69, 9.17) is 0 Å². The minimum atomic E-state index is -0.121. The van der Waals surface area contributed by atoms with Crippen molar-refractivity contribution in [2.45, 2.75) is 12.8 Å². The van der Waals surface area contributed by atoms with E-state index in [0.29, 0.717) is 11.1 Å². The van der Waals surface area contributed by atoms with Gasteiger partial charge in [0.05, 0.1) is 5.56 Å². The summed E-state index contributed by atoms with van der Waals surface area (Å²) in [4.78, 5) is 34.9. The molecule has 0 atom stereocenters. The van der Waals surface area contributed by atoms with Crippen molar-refractivity contribution in [3.05, 3.63) is 60.3 Å². The van der Waals surface area contributed by atoms with E-state index in [1.54, 1.807) is 6.20 Å². The normalized spacial score (nSPS) is 10.7. The van der Waals surface area contributed by atoms with Crippen molar-refractivity contribution < 1.29 is 9.59 Å². The molecule has 2 aromatic heterocycles. The Hall–Kier alpha value is -2.82. The topological polar surface area (TPSA) is 75.7 Å². The van der Waals surface area contributed by atoms with Crippen LogP contribution in [0.1, 0.15) is 33.6 Å². The number of nitrogens with zero attached hydrogens (tertiary/aromatic N) is 2. The monoisotopic (exact) mass is 279 g/mol. The lowest BCUT2D eigenvalue weighted by molar-refractivity contribution is 0.0918. The fourth-order valence-electron chi connectivity index (χ4n) is 2.25. The third kappa shape index (κ3) is 2.72. The second-order valence-corrected chi connectivity index (χ2v) is 4.72. The maximum absolute atomic E-state index is 12.3. The minimum Gasteiger partial charge on any atom is -0.360 e. The fraction of sp³-hybridized carbons (Fsp3) is 0.125. The Morgan fingerprint density at radius 1 is 1.00 bits per heavy atom. The van der Waals surface area contributed by atoms with Gasteiger partial charge in [-0.1, -0.05) is 18.2 Å². The maximum Gasteiger partial charge on any atom is 0.166 e. The van der Waals surface area contributed by atoms with Crippen LogP contribution in [-0.2, 0) is 0 Å². The quantitative estimate of drug-likeness (QED) is 0.729. The Morgan fingerprint density at radius 2 is 1.71 bits per heavy atom. The number of nitrogens with one attached hydrogen (secondary N) is 1. The highest BCUT2D eigenvalue weighted by Gasteiger charge is 2.14. The summed E-state index contributed by atoms with van der Waals surface area (Å²) < 4.78 is 0. The molecule has 3 aromatic rings. The van der Waals surface area contributed by atoms with Gasteiger partial charge in [0.2, 0.25) is 0 Å². The number of aromatic amines is 1. The van der Waals surface area contributed by atoms with Crippen LogP contribution in [0.15, 0.2) is 49.2 Å². The van der Waals surface area contributed by atoms with Gasteiger partial charge in [0.15, 0.2) is 11.6 Å². The van der Waals surface area contributed by atoms with Crippen molar-refractivity contribution >= 4 is 22.5 Å². The Labute approximate surface area is 121 Å². The van der Waals surface area contributed by atoms with E-state index in [0.717, 1.165) is 10.9 Å². The molecule has 1 aromatic carbocycles. The predicted octanol–water partition coefficient (Wildman–Crippen LogP) is 2.80. The molecule has 0 fully saturated rings. The van der Waals surface area contributed by atoms with Gasteiger partial charge in [0.25, 0.3) is 0 Å². The SMILES string of the molecule is O=C(CCC(=O)c1c[nH]c2ccccc12)c1cncnc1. The number of para-hydroxylation sites is 1. The number of carbonyl (C=O) groups is 2.